The smallest absolute Gasteiger partial charge is 0.214 e. The van der Waals surface area contributed by atoms with Crippen molar-refractivity contribution in [3.05, 3.63) is 29.1 Å². The molecule has 0 bridgehead atoms. The summed E-state index contributed by atoms with van der Waals surface area (Å²) in [5.41, 5.74) is 6.83. The second kappa shape index (κ2) is 3.57. The molecule has 0 fully saturated rings. The number of oxazole rings is 1. The summed E-state index contributed by atoms with van der Waals surface area (Å²) in [6.07, 6.45) is 0. The molecule has 1 aromatic carbocycles. The average molecular weight is 213 g/mol. The second-order valence-corrected chi connectivity index (χ2v) is 3.39. The summed E-state index contributed by atoms with van der Waals surface area (Å²) in [4.78, 5) is 4.11. The molecule has 5 heteroatoms. The molecular weight excluding hydrogens is 204 g/mol. The second-order valence-electron chi connectivity index (χ2n) is 2.95. The predicted molar refractivity (Wildman–Crippen MR) is 53.0 cm³/mol. The minimum Gasteiger partial charge on any atom is -0.439 e. The van der Waals surface area contributed by atoms with Crippen LogP contribution in [0.15, 0.2) is 22.6 Å². The molecular formula is C9H9ClN2O2. The Labute approximate surface area is 85.3 Å². The Morgan fingerprint density at radius 2 is 2.36 bits per heavy atom. The number of halogens is 1. The molecule has 0 aliphatic carbocycles. The highest BCUT2D eigenvalue weighted by atomic mass is 35.5. The van der Waals surface area contributed by atoms with Crippen LogP contribution in [0.25, 0.3) is 11.1 Å². The molecule has 1 aromatic heterocycles. The maximum atomic E-state index is 8.82. The van der Waals surface area contributed by atoms with Crippen molar-refractivity contribution in [1.82, 2.24) is 4.98 Å². The average Bonchev–Trinajstić information content (AvgIpc) is 2.59. The van der Waals surface area contributed by atoms with Gasteiger partial charge in [-0.05, 0) is 18.2 Å². The van der Waals surface area contributed by atoms with E-state index in [1.165, 1.54) is 0 Å². The number of aromatic nitrogens is 1. The van der Waals surface area contributed by atoms with E-state index >= 15 is 0 Å². The lowest BCUT2D eigenvalue weighted by Gasteiger charge is -1.99. The van der Waals surface area contributed by atoms with E-state index in [0.717, 1.165) is 0 Å². The first-order chi connectivity index (χ1) is 6.70. The molecule has 14 heavy (non-hydrogen) atoms. The monoisotopic (exact) mass is 212 g/mol. The lowest BCUT2D eigenvalue weighted by Crippen LogP contribution is -2.14. The number of aliphatic hydroxyl groups is 1. The lowest BCUT2D eigenvalue weighted by molar-refractivity contribution is 0.250. The van der Waals surface area contributed by atoms with Gasteiger partial charge in [0.1, 0.15) is 11.6 Å². The van der Waals surface area contributed by atoms with Crippen molar-refractivity contribution in [3.63, 3.8) is 0 Å². The van der Waals surface area contributed by atoms with E-state index in [4.69, 9.17) is 26.9 Å². The van der Waals surface area contributed by atoms with Gasteiger partial charge in [0.15, 0.2) is 5.58 Å². The van der Waals surface area contributed by atoms with E-state index < -0.39 is 6.04 Å². The topological polar surface area (TPSA) is 72.3 Å². The highest BCUT2D eigenvalue weighted by Crippen LogP contribution is 2.21. The van der Waals surface area contributed by atoms with E-state index in [0.29, 0.717) is 22.0 Å². The summed E-state index contributed by atoms with van der Waals surface area (Å²) in [5, 5.41) is 9.41. The molecule has 0 aliphatic rings. The number of rotatable bonds is 2. The molecule has 0 aliphatic heterocycles. The molecule has 3 N–H and O–H groups in total. The Balaban J connectivity index is 2.51. The molecule has 2 aromatic rings. The minimum absolute atomic E-state index is 0.194. The van der Waals surface area contributed by atoms with Crippen molar-refractivity contribution in [3.8, 4) is 0 Å². The summed E-state index contributed by atoms with van der Waals surface area (Å²) < 4.78 is 5.32. The summed E-state index contributed by atoms with van der Waals surface area (Å²) >= 11 is 5.78. The molecule has 1 heterocycles. The summed E-state index contributed by atoms with van der Waals surface area (Å²) in [6.45, 7) is -0.194. The first kappa shape index (κ1) is 9.45. The normalized spacial score (nSPS) is 13.4. The van der Waals surface area contributed by atoms with Crippen LogP contribution < -0.4 is 5.73 Å². The third kappa shape index (κ3) is 1.59. The van der Waals surface area contributed by atoms with E-state index in [2.05, 4.69) is 4.98 Å². The maximum absolute atomic E-state index is 8.82. The summed E-state index contributed by atoms with van der Waals surface area (Å²) in [6, 6.07) is 4.54. The molecule has 0 saturated carbocycles. The number of fused-ring (bicyclic) bond motifs is 1. The van der Waals surface area contributed by atoms with E-state index in [-0.39, 0.29) is 6.61 Å². The van der Waals surface area contributed by atoms with Crippen LogP contribution >= 0.6 is 11.6 Å². The van der Waals surface area contributed by atoms with Crippen LogP contribution in [0.2, 0.25) is 5.02 Å². The highest BCUT2D eigenvalue weighted by molar-refractivity contribution is 6.31. The number of hydrogen-bond donors (Lipinski definition) is 2. The molecule has 1 unspecified atom stereocenters. The van der Waals surface area contributed by atoms with Crippen molar-refractivity contribution >= 4 is 22.7 Å². The number of nitrogens with zero attached hydrogens (tertiary/aromatic N) is 1. The first-order valence-electron chi connectivity index (χ1n) is 4.13. The van der Waals surface area contributed by atoms with E-state index in [1.807, 2.05) is 0 Å². The molecule has 2 rings (SSSR count). The zero-order valence-corrected chi connectivity index (χ0v) is 8.03. The minimum atomic E-state index is -0.582. The Hall–Kier alpha value is -1.10. The van der Waals surface area contributed by atoms with Crippen LogP contribution in [0.3, 0.4) is 0 Å². The Morgan fingerprint density at radius 1 is 1.57 bits per heavy atom. The van der Waals surface area contributed by atoms with Crippen molar-refractivity contribution in [2.75, 3.05) is 6.61 Å². The zero-order chi connectivity index (χ0) is 10.1. The van der Waals surface area contributed by atoms with E-state index in [1.54, 1.807) is 18.2 Å². The van der Waals surface area contributed by atoms with Gasteiger partial charge in [-0.15, -0.1) is 0 Å². The molecule has 0 amide bonds. The third-order valence-corrected chi connectivity index (χ3v) is 2.12. The Kier molecular flexibility index (Phi) is 2.41. The number of aliphatic hydroxyl groups excluding tert-OH is 1. The van der Waals surface area contributed by atoms with Crippen LogP contribution in [0.1, 0.15) is 11.9 Å². The fourth-order valence-corrected chi connectivity index (χ4v) is 1.32. The predicted octanol–water partition coefficient (Wildman–Crippen LogP) is 1.47. The molecule has 74 valence electrons. The van der Waals surface area contributed by atoms with Crippen LogP contribution in [0.5, 0.6) is 0 Å². The largest absolute Gasteiger partial charge is 0.439 e. The summed E-state index contributed by atoms with van der Waals surface area (Å²) in [5.74, 6) is 0.324. The van der Waals surface area contributed by atoms with Gasteiger partial charge in [-0.3, -0.25) is 0 Å². The van der Waals surface area contributed by atoms with Gasteiger partial charge in [0, 0.05) is 5.02 Å². The van der Waals surface area contributed by atoms with Crippen LogP contribution in [0, 0.1) is 0 Å². The standard InChI is InChI=1S/C9H9ClN2O2/c10-5-1-2-8-7(3-5)12-9(14-8)6(11)4-13/h1-3,6,13H,4,11H2. The van der Waals surface area contributed by atoms with Crippen LogP contribution in [-0.2, 0) is 0 Å². The molecule has 0 spiro atoms. The van der Waals surface area contributed by atoms with Crippen molar-refractivity contribution in [2.24, 2.45) is 5.73 Å². The number of benzene rings is 1. The van der Waals surface area contributed by atoms with E-state index in [9.17, 15) is 0 Å². The van der Waals surface area contributed by atoms with Gasteiger partial charge in [0.2, 0.25) is 5.89 Å². The Morgan fingerprint density at radius 3 is 3.07 bits per heavy atom. The van der Waals surface area contributed by atoms with Crippen molar-refractivity contribution in [1.29, 1.82) is 0 Å². The first-order valence-corrected chi connectivity index (χ1v) is 4.51. The highest BCUT2D eigenvalue weighted by Gasteiger charge is 2.12. The fraction of sp³-hybridized carbons (Fsp3) is 0.222. The van der Waals surface area contributed by atoms with Crippen molar-refractivity contribution < 1.29 is 9.52 Å². The van der Waals surface area contributed by atoms with Gasteiger partial charge in [0.25, 0.3) is 0 Å². The van der Waals surface area contributed by atoms with Gasteiger partial charge in [-0.2, -0.15) is 0 Å². The third-order valence-electron chi connectivity index (χ3n) is 1.88. The van der Waals surface area contributed by atoms with Gasteiger partial charge < -0.3 is 15.3 Å². The summed E-state index contributed by atoms with van der Waals surface area (Å²) in [7, 11) is 0. The zero-order valence-electron chi connectivity index (χ0n) is 7.27. The molecule has 0 saturated heterocycles. The van der Waals surface area contributed by atoms with Crippen molar-refractivity contribution in [2.45, 2.75) is 6.04 Å². The van der Waals surface area contributed by atoms with Gasteiger partial charge in [0.05, 0.1) is 6.61 Å². The lowest BCUT2D eigenvalue weighted by atomic mass is 10.3. The molecule has 1 atom stereocenters. The SMILES string of the molecule is NC(CO)c1nc2cc(Cl)ccc2o1. The number of hydrogen-bond acceptors (Lipinski definition) is 4. The maximum Gasteiger partial charge on any atom is 0.214 e. The van der Waals surface area contributed by atoms with Gasteiger partial charge in [-0.1, -0.05) is 11.6 Å². The van der Waals surface area contributed by atoms with Crippen LogP contribution in [-0.4, -0.2) is 16.7 Å². The fourth-order valence-electron chi connectivity index (χ4n) is 1.16. The molecule has 0 radical (unpaired) electrons. The molecule has 4 nitrogen and oxygen atoms in total. The van der Waals surface area contributed by atoms with Crippen LogP contribution in [0.4, 0.5) is 0 Å². The number of nitrogens with two attached hydrogens (primary N) is 1. The quantitative estimate of drug-likeness (QED) is 0.791. The Bertz CT molecular complexity index is 455. The van der Waals surface area contributed by atoms with Gasteiger partial charge >= 0.3 is 0 Å². The van der Waals surface area contributed by atoms with Gasteiger partial charge in [-0.25, -0.2) is 4.98 Å².